The molecule has 0 fully saturated rings. The van der Waals surface area contributed by atoms with Crippen molar-refractivity contribution in [1.29, 1.82) is 5.26 Å². The number of likely N-dealkylation sites (N-methyl/N-ethyl adjacent to an activating group) is 1. The molecule has 0 unspecified atom stereocenters. The zero-order chi connectivity index (χ0) is 26.8. The lowest BCUT2D eigenvalue weighted by molar-refractivity contribution is -0.893. The van der Waals surface area contributed by atoms with Gasteiger partial charge in [0.1, 0.15) is 31.1 Å². The zero-order valence-electron chi connectivity index (χ0n) is 22.6. The van der Waals surface area contributed by atoms with Crippen LogP contribution in [0.2, 0.25) is 0 Å². The highest BCUT2D eigenvalue weighted by Gasteiger charge is 2.22. The fourth-order valence-electron chi connectivity index (χ4n) is 4.64. The smallest absolute Gasteiger partial charge is 0.253 e. The molecule has 1 amide bonds. The Hall–Kier alpha value is -3.40. The molecule has 3 aromatic rings. The maximum absolute atomic E-state index is 12.9. The normalized spacial score (nSPS) is 12.2. The van der Waals surface area contributed by atoms with E-state index >= 15 is 0 Å². The molecular weight excluding hydrogens is 462 g/mol. The number of fused-ring (bicyclic) bond motifs is 1. The molecule has 1 atom stereocenters. The number of hydrogen-bond acceptors (Lipinski definition) is 4. The van der Waals surface area contributed by atoms with Crippen LogP contribution in [0.3, 0.4) is 0 Å². The Morgan fingerprint density at radius 3 is 2.41 bits per heavy atom. The molecule has 0 aromatic heterocycles. The standard InChI is InChI=1S/C31H40N3O3/c1-5-16-33(17-6-2)31(36)27-13-14-30(28(20-27)21-32)37-23-29(35)22-34(3,4)18-15-24-11-12-25-9-7-8-10-26(25)19-24/h7-14,19-20,29,35H,5-6,15-18,22-23H2,1-4H3/q+1/t29-/m1/s1. The minimum atomic E-state index is -0.691. The summed E-state index contributed by atoms with van der Waals surface area (Å²) >= 11 is 0. The average Bonchev–Trinajstić information content (AvgIpc) is 2.89. The zero-order valence-corrected chi connectivity index (χ0v) is 22.6. The molecule has 0 aliphatic carbocycles. The number of amides is 1. The molecule has 0 saturated heterocycles. The second kappa shape index (κ2) is 13.2. The van der Waals surface area contributed by atoms with Gasteiger partial charge in [0, 0.05) is 25.1 Å². The molecule has 6 heteroatoms. The van der Waals surface area contributed by atoms with Gasteiger partial charge in [0.05, 0.1) is 26.2 Å². The summed E-state index contributed by atoms with van der Waals surface area (Å²) in [6.07, 6.45) is 1.98. The van der Waals surface area contributed by atoms with Gasteiger partial charge in [0.25, 0.3) is 5.91 Å². The maximum Gasteiger partial charge on any atom is 0.253 e. The van der Waals surface area contributed by atoms with Crippen molar-refractivity contribution in [3.63, 3.8) is 0 Å². The molecule has 0 radical (unpaired) electrons. The molecule has 6 nitrogen and oxygen atoms in total. The van der Waals surface area contributed by atoms with E-state index in [-0.39, 0.29) is 12.5 Å². The lowest BCUT2D eigenvalue weighted by Gasteiger charge is -2.32. The SMILES string of the molecule is CCCN(CCC)C(=O)c1ccc(OC[C@H](O)C[N+](C)(C)CCc2ccc3ccccc3c2)c(C#N)c1. The van der Waals surface area contributed by atoms with Crippen LogP contribution in [0.5, 0.6) is 5.75 Å². The largest absolute Gasteiger partial charge is 0.489 e. The first kappa shape index (κ1) is 28.2. The fourth-order valence-corrected chi connectivity index (χ4v) is 4.64. The lowest BCUT2D eigenvalue weighted by atomic mass is 10.0. The van der Waals surface area contributed by atoms with Crippen LogP contribution in [-0.4, -0.2) is 73.4 Å². The van der Waals surface area contributed by atoms with Gasteiger partial charge in [-0.2, -0.15) is 5.26 Å². The summed E-state index contributed by atoms with van der Waals surface area (Å²) in [7, 11) is 4.20. The third-order valence-corrected chi connectivity index (χ3v) is 6.58. The van der Waals surface area contributed by atoms with E-state index in [0.29, 0.717) is 41.0 Å². The van der Waals surface area contributed by atoms with Crippen LogP contribution < -0.4 is 4.74 Å². The van der Waals surface area contributed by atoms with Gasteiger partial charge in [-0.15, -0.1) is 0 Å². The summed E-state index contributed by atoms with van der Waals surface area (Å²) in [5, 5.41) is 22.8. The fraction of sp³-hybridized carbons (Fsp3) is 0.419. The Morgan fingerprint density at radius 2 is 1.73 bits per heavy atom. The number of quaternary nitrogens is 1. The number of nitriles is 1. The molecular formula is C31H40N3O3+. The first-order valence-corrected chi connectivity index (χ1v) is 13.2. The number of nitrogens with zero attached hydrogens (tertiary/aromatic N) is 3. The van der Waals surface area contributed by atoms with Crippen LogP contribution in [0.1, 0.15) is 48.2 Å². The Morgan fingerprint density at radius 1 is 1.03 bits per heavy atom. The molecule has 0 aliphatic heterocycles. The van der Waals surface area contributed by atoms with Gasteiger partial charge in [-0.3, -0.25) is 4.79 Å². The minimum absolute atomic E-state index is 0.0720. The van der Waals surface area contributed by atoms with Crippen molar-refractivity contribution in [2.45, 2.75) is 39.2 Å². The van der Waals surface area contributed by atoms with Crippen molar-refractivity contribution >= 4 is 16.7 Å². The van der Waals surface area contributed by atoms with Crippen LogP contribution >= 0.6 is 0 Å². The quantitative estimate of drug-likeness (QED) is 0.333. The Balaban J connectivity index is 1.56. The minimum Gasteiger partial charge on any atom is -0.489 e. The Kier molecular flexibility index (Phi) is 10.1. The molecule has 0 spiro atoms. The molecule has 0 saturated carbocycles. The summed E-state index contributed by atoms with van der Waals surface area (Å²) in [5.41, 5.74) is 2.06. The van der Waals surface area contributed by atoms with Gasteiger partial charge >= 0.3 is 0 Å². The van der Waals surface area contributed by atoms with E-state index in [0.717, 1.165) is 25.8 Å². The van der Waals surface area contributed by atoms with Crippen molar-refractivity contribution < 1.29 is 19.1 Å². The maximum atomic E-state index is 12.9. The average molecular weight is 503 g/mol. The Labute approximate surface area is 221 Å². The van der Waals surface area contributed by atoms with Crippen molar-refractivity contribution in [1.82, 2.24) is 4.90 Å². The summed E-state index contributed by atoms with van der Waals surface area (Å²) in [6.45, 7) is 6.95. The lowest BCUT2D eigenvalue weighted by Crippen LogP contribution is -2.48. The van der Waals surface area contributed by atoms with E-state index in [9.17, 15) is 15.2 Å². The predicted molar refractivity (Wildman–Crippen MR) is 149 cm³/mol. The number of aliphatic hydroxyl groups excluding tert-OH is 1. The molecule has 0 heterocycles. The van der Waals surface area contributed by atoms with E-state index in [1.807, 2.05) is 24.8 Å². The molecule has 3 aromatic carbocycles. The van der Waals surface area contributed by atoms with Crippen LogP contribution in [0.25, 0.3) is 10.8 Å². The Bertz CT molecular complexity index is 1230. The summed E-state index contributed by atoms with van der Waals surface area (Å²) in [4.78, 5) is 14.7. The van der Waals surface area contributed by atoms with Crippen LogP contribution in [0, 0.1) is 11.3 Å². The number of ether oxygens (including phenoxy) is 1. The highest BCUT2D eigenvalue weighted by atomic mass is 16.5. The van der Waals surface area contributed by atoms with Gasteiger partial charge in [0.15, 0.2) is 0 Å². The molecule has 0 aliphatic rings. The van der Waals surface area contributed by atoms with Gasteiger partial charge in [-0.05, 0) is 47.4 Å². The topological polar surface area (TPSA) is 73.6 Å². The number of rotatable bonds is 13. The van der Waals surface area contributed by atoms with Crippen LogP contribution in [0.4, 0.5) is 0 Å². The van der Waals surface area contributed by atoms with Crippen LogP contribution in [-0.2, 0) is 6.42 Å². The number of carbonyl (C=O) groups excluding carboxylic acids is 1. The van der Waals surface area contributed by atoms with Gasteiger partial charge < -0.3 is 19.2 Å². The molecule has 3 rings (SSSR count). The van der Waals surface area contributed by atoms with E-state index in [4.69, 9.17) is 4.74 Å². The highest BCUT2D eigenvalue weighted by molar-refractivity contribution is 5.94. The number of hydrogen-bond donors (Lipinski definition) is 1. The van der Waals surface area contributed by atoms with Crippen molar-refractivity contribution in [2.24, 2.45) is 0 Å². The highest BCUT2D eigenvalue weighted by Crippen LogP contribution is 2.21. The van der Waals surface area contributed by atoms with E-state index in [1.165, 1.54) is 16.3 Å². The third-order valence-electron chi connectivity index (χ3n) is 6.58. The third kappa shape index (κ3) is 8.04. The second-order valence-electron chi connectivity index (χ2n) is 10.4. The first-order valence-electron chi connectivity index (χ1n) is 13.2. The molecule has 37 heavy (non-hydrogen) atoms. The molecule has 0 bridgehead atoms. The first-order chi connectivity index (χ1) is 17.8. The summed E-state index contributed by atoms with van der Waals surface area (Å²) in [6, 6.07) is 22.0. The van der Waals surface area contributed by atoms with E-state index in [2.05, 4.69) is 56.6 Å². The molecule has 196 valence electrons. The number of aliphatic hydroxyl groups is 1. The van der Waals surface area contributed by atoms with Crippen molar-refractivity contribution in [2.75, 3.05) is 46.9 Å². The van der Waals surface area contributed by atoms with E-state index in [1.54, 1.807) is 18.2 Å². The van der Waals surface area contributed by atoms with Gasteiger partial charge in [0.2, 0.25) is 0 Å². The van der Waals surface area contributed by atoms with Crippen molar-refractivity contribution in [3.05, 3.63) is 77.4 Å². The number of carbonyl (C=O) groups is 1. The van der Waals surface area contributed by atoms with Gasteiger partial charge in [-0.1, -0.05) is 56.3 Å². The predicted octanol–water partition coefficient (Wildman–Crippen LogP) is 5.03. The van der Waals surface area contributed by atoms with E-state index < -0.39 is 6.10 Å². The summed E-state index contributed by atoms with van der Waals surface area (Å²) < 4.78 is 6.47. The number of benzene rings is 3. The van der Waals surface area contributed by atoms with Gasteiger partial charge in [-0.25, -0.2) is 0 Å². The molecule has 1 N–H and O–H groups in total. The van der Waals surface area contributed by atoms with Crippen LogP contribution in [0.15, 0.2) is 60.7 Å². The van der Waals surface area contributed by atoms with Crippen molar-refractivity contribution in [3.8, 4) is 11.8 Å². The summed E-state index contributed by atoms with van der Waals surface area (Å²) in [5.74, 6) is 0.314. The monoisotopic (exact) mass is 502 g/mol. The second-order valence-corrected chi connectivity index (χ2v) is 10.4.